The van der Waals surface area contributed by atoms with Crippen LogP contribution in [0.3, 0.4) is 0 Å². The highest BCUT2D eigenvalue weighted by Gasteiger charge is 2.26. The Morgan fingerprint density at radius 3 is 2.48 bits per heavy atom. The van der Waals surface area contributed by atoms with Crippen LogP contribution in [0.4, 0.5) is 11.5 Å². The summed E-state index contributed by atoms with van der Waals surface area (Å²) in [7, 11) is 2.03. The van der Waals surface area contributed by atoms with Gasteiger partial charge in [0.1, 0.15) is 18.4 Å². The average molecular weight is 436 g/mol. The quantitative estimate of drug-likeness (QED) is 0.333. The fraction of sp³-hybridized carbons (Fsp3) is 0.185. The van der Waals surface area contributed by atoms with Gasteiger partial charge in [0.05, 0.1) is 5.52 Å². The van der Waals surface area contributed by atoms with Gasteiger partial charge in [0.25, 0.3) is 5.78 Å². The standard InChI is InChI=1S/C27H25N5O/c1-27(2,3)24-20(19-9-6-5-7-10-19)11-8-12-22(24)31(4)25-21-14-13-18(16-33)15-23(21)32-17-28-30-26(32)29-25/h5-17H,1-4H3. The maximum atomic E-state index is 11.4. The van der Waals surface area contributed by atoms with E-state index >= 15 is 0 Å². The molecule has 2 heterocycles. The summed E-state index contributed by atoms with van der Waals surface area (Å²) in [5.74, 6) is 1.25. The number of fused-ring (bicyclic) bond motifs is 3. The van der Waals surface area contributed by atoms with E-state index in [4.69, 9.17) is 4.98 Å². The molecule has 0 saturated heterocycles. The SMILES string of the molecule is CN(c1cccc(-c2ccccc2)c1C(C)(C)C)c1nc2nncn2c2cc(C=O)ccc12. The number of hydrogen-bond acceptors (Lipinski definition) is 5. The van der Waals surface area contributed by atoms with Crippen molar-refractivity contribution in [3.05, 3.63) is 84.2 Å². The minimum Gasteiger partial charge on any atom is -0.328 e. The third kappa shape index (κ3) is 3.53. The number of nitrogens with zero attached hydrogens (tertiary/aromatic N) is 5. The van der Waals surface area contributed by atoms with Crippen molar-refractivity contribution in [2.75, 3.05) is 11.9 Å². The van der Waals surface area contributed by atoms with Crippen molar-refractivity contribution in [1.82, 2.24) is 19.6 Å². The molecule has 33 heavy (non-hydrogen) atoms. The molecule has 0 unspecified atom stereocenters. The van der Waals surface area contributed by atoms with Crippen LogP contribution in [0.25, 0.3) is 27.8 Å². The number of rotatable bonds is 4. The van der Waals surface area contributed by atoms with E-state index in [1.165, 1.54) is 16.7 Å². The first-order valence-corrected chi connectivity index (χ1v) is 10.9. The highest BCUT2D eigenvalue weighted by Crippen LogP contribution is 2.42. The Morgan fingerprint density at radius 2 is 1.76 bits per heavy atom. The molecular formula is C27H25N5O. The van der Waals surface area contributed by atoms with E-state index in [-0.39, 0.29) is 5.41 Å². The van der Waals surface area contributed by atoms with E-state index in [9.17, 15) is 4.79 Å². The zero-order valence-electron chi connectivity index (χ0n) is 19.1. The molecule has 5 aromatic rings. The Labute approximate surface area is 192 Å². The molecular weight excluding hydrogens is 410 g/mol. The predicted octanol–water partition coefficient (Wildman–Crippen LogP) is 5.82. The van der Waals surface area contributed by atoms with Gasteiger partial charge in [0.2, 0.25) is 0 Å². The summed E-state index contributed by atoms with van der Waals surface area (Å²) >= 11 is 0. The van der Waals surface area contributed by atoms with Crippen LogP contribution in [0.15, 0.2) is 73.1 Å². The zero-order chi connectivity index (χ0) is 23.2. The summed E-state index contributed by atoms with van der Waals surface area (Å²) in [6.07, 6.45) is 2.47. The number of anilines is 2. The maximum absolute atomic E-state index is 11.4. The van der Waals surface area contributed by atoms with Crippen LogP contribution in [0.1, 0.15) is 36.7 Å². The van der Waals surface area contributed by atoms with Crippen LogP contribution in [0.5, 0.6) is 0 Å². The first-order valence-electron chi connectivity index (χ1n) is 10.9. The van der Waals surface area contributed by atoms with Crippen LogP contribution in [0, 0.1) is 0 Å². The molecule has 0 spiro atoms. The number of carbonyl (C=O) groups excluding carboxylic acids is 1. The van der Waals surface area contributed by atoms with Crippen molar-refractivity contribution >= 4 is 34.5 Å². The van der Waals surface area contributed by atoms with Gasteiger partial charge >= 0.3 is 0 Å². The second-order valence-corrected chi connectivity index (χ2v) is 9.21. The Hall–Kier alpha value is -4.06. The lowest BCUT2D eigenvalue weighted by molar-refractivity contribution is 0.112. The topological polar surface area (TPSA) is 63.4 Å². The van der Waals surface area contributed by atoms with Crippen LogP contribution >= 0.6 is 0 Å². The Morgan fingerprint density at radius 1 is 0.970 bits per heavy atom. The van der Waals surface area contributed by atoms with Crippen LogP contribution < -0.4 is 4.90 Å². The van der Waals surface area contributed by atoms with Gasteiger partial charge in [0.15, 0.2) is 0 Å². The molecule has 0 fully saturated rings. The molecule has 0 aliphatic carbocycles. The van der Waals surface area contributed by atoms with Gasteiger partial charge in [-0.3, -0.25) is 9.20 Å². The molecule has 6 heteroatoms. The molecule has 0 amide bonds. The maximum Gasteiger partial charge on any atom is 0.257 e. The average Bonchev–Trinajstić information content (AvgIpc) is 3.31. The lowest BCUT2D eigenvalue weighted by atomic mass is 9.80. The molecule has 6 nitrogen and oxygen atoms in total. The molecule has 0 aliphatic rings. The van der Waals surface area contributed by atoms with E-state index < -0.39 is 0 Å². The van der Waals surface area contributed by atoms with Gasteiger partial charge in [0, 0.05) is 23.7 Å². The summed E-state index contributed by atoms with van der Waals surface area (Å²) in [6.45, 7) is 6.70. The lowest BCUT2D eigenvalue weighted by Gasteiger charge is -2.31. The van der Waals surface area contributed by atoms with Crippen molar-refractivity contribution < 1.29 is 4.79 Å². The van der Waals surface area contributed by atoms with Crippen LogP contribution in [0.2, 0.25) is 0 Å². The van der Waals surface area contributed by atoms with Crippen LogP contribution in [-0.4, -0.2) is 32.9 Å². The molecule has 5 rings (SSSR count). The second-order valence-electron chi connectivity index (χ2n) is 9.21. The summed E-state index contributed by atoms with van der Waals surface area (Å²) < 4.78 is 1.81. The van der Waals surface area contributed by atoms with Crippen molar-refractivity contribution in [2.45, 2.75) is 26.2 Å². The highest BCUT2D eigenvalue weighted by molar-refractivity contribution is 5.96. The third-order valence-corrected chi connectivity index (χ3v) is 5.95. The first-order chi connectivity index (χ1) is 15.9. The minimum absolute atomic E-state index is 0.116. The zero-order valence-corrected chi connectivity index (χ0v) is 19.1. The molecule has 0 saturated carbocycles. The van der Waals surface area contributed by atoms with Gasteiger partial charge < -0.3 is 4.90 Å². The normalized spacial score (nSPS) is 11.8. The number of aldehydes is 1. The summed E-state index contributed by atoms with van der Waals surface area (Å²) in [5.41, 5.74) is 6.00. The molecule has 3 aromatic carbocycles. The summed E-state index contributed by atoms with van der Waals surface area (Å²) in [6, 6.07) is 22.5. The molecule has 164 valence electrons. The van der Waals surface area contributed by atoms with E-state index in [1.807, 2.05) is 35.7 Å². The number of carbonyl (C=O) groups is 1. The smallest absolute Gasteiger partial charge is 0.257 e. The van der Waals surface area contributed by atoms with Crippen molar-refractivity contribution in [3.63, 3.8) is 0 Å². The van der Waals surface area contributed by atoms with Gasteiger partial charge in [-0.2, -0.15) is 4.98 Å². The van der Waals surface area contributed by atoms with E-state index in [0.717, 1.165) is 28.7 Å². The monoisotopic (exact) mass is 435 g/mol. The number of hydrogen-bond donors (Lipinski definition) is 0. The van der Waals surface area contributed by atoms with Gasteiger partial charge in [-0.15, -0.1) is 10.2 Å². The van der Waals surface area contributed by atoms with Crippen LogP contribution in [-0.2, 0) is 5.41 Å². The molecule has 0 atom stereocenters. The van der Waals surface area contributed by atoms with Gasteiger partial charge in [-0.1, -0.05) is 69.3 Å². The Kier molecular flexibility index (Phi) is 4.93. The van der Waals surface area contributed by atoms with Crippen molar-refractivity contribution in [2.24, 2.45) is 0 Å². The third-order valence-electron chi connectivity index (χ3n) is 5.95. The van der Waals surface area contributed by atoms with E-state index in [2.05, 4.69) is 78.3 Å². The fourth-order valence-corrected chi connectivity index (χ4v) is 4.48. The lowest BCUT2D eigenvalue weighted by Crippen LogP contribution is -2.21. The predicted molar refractivity (Wildman–Crippen MR) is 132 cm³/mol. The first kappa shape index (κ1) is 20.8. The number of benzene rings is 3. The second kappa shape index (κ2) is 7.81. The highest BCUT2D eigenvalue weighted by atomic mass is 16.1. The van der Waals surface area contributed by atoms with Crippen molar-refractivity contribution in [1.29, 1.82) is 0 Å². The van der Waals surface area contributed by atoms with E-state index in [1.54, 1.807) is 6.33 Å². The summed E-state index contributed by atoms with van der Waals surface area (Å²) in [5, 5.41) is 9.14. The molecule has 0 N–H and O–H groups in total. The molecule has 0 bridgehead atoms. The van der Waals surface area contributed by atoms with Gasteiger partial charge in [-0.25, -0.2) is 0 Å². The molecule has 2 aromatic heterocycles. The Bertz CT molecular complexity index is 1480. The number of aromatic nitrogens is 4. The largest absolute Gasteiger partial charge is 0.328 e. The van der Waals surface area contributed by atoms with Gasteiger partial charge in [-0.05, 0) is 40.3 Å². The Balaban J connectivity index is 1.78. The molecule has 0 aliphatic heterocycles. The minimum atomic E-state index is -0.116. The van der Waals surface area contributed by atoms with E-state index in [0.29, 0.717) is 11.3 Å². The fourth-order valence-electron chi connectivity index (χ4n) is 4.48. The van der Waals surface area contributed by atoms with Crippen molar-refractivity contribution in [3.8, 4) is 11.1 Å². The molecule has 0 radical (unpaired) electrons. The summed E-state index contributed by atoms with van der Waals surface area (Å²) in [4.78, 5) is 18.4.